The number of hydrogen-bond donors (Lipinski definition) is 1. The average molecular weight is 293 g/mol. The van der Waals surface area contributed by atoms with Crippen molar-refractivity contribution >= 4 is 17.4 Å². The maximum Gasteiger partial charge on any atom is 0.120 e. The number of rotatable bonds is 4. The number of benzene rings is 1. The first-order chi connectivity index (χ1) is 9.71. The molecule has 1 aromatic carbocycles. The summed E-state index contributed by atoms with van der Waals surface area (Å²) < 4.78 is 11.6. The third-order valence-corrected chi connectivity index (χ3v) is 5.70. The van der Waals surface area contributed by atoms with Crippen LogP contribution in [0.15, 0.2) is 23.1 Å². The summed E-state index contributed by atoms with van der Waals surface area (Å²) in [5, 5.41) is 0. The molecule has 1 saturated heterocycles. The Morgan fingerprint density at radius 2 is 2.15 bits per heavy atom. The highest BCUT2D eigenvalue weighted by Crippen LogP contribution is 2.44. The number of anilines is 1. The van der Waals surface area contributed by atoms with Gasteiger partial charge in [0.25, 0.3) is 0 Å². The monoisotopic (exact) mass is 293 g/mol. The molecule has 1 aliphatic heterocycles. The number of ether oxygens (including phenoxy) is 2. The van der Waals surface area contributed by atoms with Gasteiger partial charge in [0.15, 0.2) is 0 Å². The third kappa shape index (κ3) is 2.91. The van der Waals surface area contributed by atoms with E-state index < -0.39 is 0 Å². The average Bonchev–Trinajstić information content (AvgIpc) is 3.09. The maximum absolute atomic E-state index is 6.34. The molecular formula is C16H23NO2S. The molecule has 1 heterocycles. The predicted molar refractivity (Wildman–Crippen MR) is 83.4 cm³/mol. The molecule has 1 spiro atoms. The molecule has 0 bridgehead atoms. The molecule has 2 N–H and O–H groups in total. The van der Waals surface area contributed by atoms with Crippen LogP contribution in [0.4, 0.5) is 5.69 Å². The second-order valence-corrected chi connectivity index (χ2v) is 6.95. The summed E-state index contributed by atoms with van der Waals surface area (Å²) in [6, 6.07) is 5.83. The lowest BCUT2D eigenvalue weighted by Gasteiger charge is -2.23. The number of hydrogen-bond acceptors (Lipinski definition) is 4. The van der Waals surface area contributed by atoms with E-state index in [1.807, 2.05) is 18.2 Å². The third-order valence-electron chi connectivity index (χ3n) is 4.50. The highest BCUT2D eigenvalue weighted by molar-refractivity contribution is 7.99. The zero-order chi connectivity index (χ0) is 14.0. The van der Waals surface area contributed by atoms with E-state index in [4.69, 9.17) is 15.2 Å². The Balaban J connectivity index is 1.57. The van der Waals surface area contributed by atoms with Crippen molar-refractivity contribution in [3.05, 3.63) is 18.2 Å². The van der Waals surface area contributed by atoms with Crippen molar-refractivity contribution in [3.63, 3.8) is 0 Å². The van der Waals surface area contributed by atoms with Crippen LogP contribution in [0.5, 0.6) is 5.75 Å². The predicted octanol–water partition coefficient (Wildman–Crippen LogP) is 3.86. The van der Waals surface area contributed by atoms with E-state index in [0.29, 0.717) is 6.10 Å². The van der Waals surface area contributed by atoms with Gasteiger partial charge in [-0.3, -0.25) is 0 Å². The summed E-state index contributed by atoms with van der Waals surface area (Å²) in [4.78, 5) is 1.10. The van der Waals surface area contributed by atoms with Crippen LogP contribution in [0.1, 0.15) is 38.5 Å². The maximum atomic E-state index is 6.34. The van der Waals surface area contributed by atoms with Crippen molar-refractivity contribution in [2.24, 2.45) is 0 Å². The van der Waals surface area contributed by atoms with Crippen LogP contribution in [-0.4, -0.2) is 24.6 Å². The molecule has 0 radical (unpaired) electrons. The van der Waals surface area contributed by atoms with Crippen molar-refractivity contribution in [3.8, 4) is 5.75 Å². The zero-order valence-corrected chi connectivity index (χ0v) is 12.9. The van der Waals surface area contributed by atoms with Crippen molar-refractivity contribution in [2.75, 3.05) is 18.6 Å². The van der Waals surface area contributed by atoms with Crippen LogP contribution in [0.3, 0.4) is 0 Å². The molecule has 2 fully saturated rings. The molecule has 1 aromatic rings. The van der Waals surface area contributed by atoms with Crippen LogP contribution in [-0.2, 0) is 4.74 Å². The van der Waals surface area contributed by atoms with Crippen LogP contribution in [0.25, 0.3) is 0 Å². The fourth-order valence-electron chi connectivity index (χ4n) is 3.35. The van der Waals surface area contributed by atoms with Gasteiger partial charge in [-0.2, -0.15) is 0 Å². The van der Waals surface area contributed by atoms with E-state index in [9.17, 15) is 0 Å². The van der Waals surface area contributed by atoms with Crippen LogP contribution >= 0.6 is 11.8 Å². The Labute approximate surface area is 125 Å². The van der Waals surface area contributed by atoms with E-state index in [1.165, 1.54) is 38.5 Å². The zero-order valence-electron chi connectivity index (χ0n) is 12.1. The van der Waals surface area contributed by atoms with Crippen LogP contribution in [0.2, 0.25) is 0 Å². The van der Waals surface area contributed by atoms with Crippen LogP contribution in [0, 0.1) is 0 Å². The minimum atomic E-state index is 0.227. The minimum Gasteiger partial charge on any atom is -0.497 e. The first kappa shape index (κ1) is 14.1. The standard InChI is InChI=1S/C16H23NO2S/c1-18-12-4-5-14(17)15(10-12)20-11-13-6-9-16(19-13)7-2-3-8-16/h4-5,10,13H,2-3,6-9,11,17H2,1H3. The summed E-state index contributed by atoms with van der Waals surface area (Å²) >= 11 is 1.79. The molecule has 3 nitrogen and oxygen atoms in total. The Kier molecular flexibility index (Phi) is 4.13. The normalized spacial score (nSPS) is 24.4. The van der Waals surface area contributed by atoms with Crippen LogP contribution < -0.4 is 10.5 Å². The number of thioether (sulfide) groups is 1. The molecule has 0 amide bonds. The summed E-state index contributed by atoms with van der Waals surface area (Å²) in [7, 11) is 1.68. The second kappa shape index (κ2) is 5.86. The number of nitrogen functional groups attached to an aromatic ring is 1. The quantitative estimate of drug-likeness (QED) is 0.676. The van der Waals surface area contributed by atoms with Gasteiger partial charge in [-0.15, -0.1) is 11.8 Å². The molecule has 4 heteroatoms. The van der Waals surface area contributed by atoms with Gasteiger partial charge in [-0.1, -0.05) is 12.8 Å². The van der Waals surface area contributed by atoms with Gasteiger partial charge in [0.1, 0.15) is 5.75 Å². The molecule has 20 heavy (non-hydrogen) atoms. The topological polar surface area (TPSA) is 44.5 Å². The SMILES string of the molecule is COc1ccc(N)c(SCC2CCC3(CCCC3)O2)c1. The molecule has 1 unspecified atom stereocenters. The van der Waals surface area contributed by atoms with E-state index in [2.05, 4.69) is 0 Å². The first-order valence-corrected chi connectivity index (χ1v) is 8.43. The van der Waals surface area contributed by atoms with Gasteiger partial charge >= 0.3 is 0 Å². The van der Waals surface area contributed by atoms with E-state index in [-0.39, 0.29) is 5.60 Å². The van der Waals surface area contributed by atoms with E-state index >= 15 is 0 Å². The molecule has 3 rings (SSSR count). The Morgan fingerprint density at radius 1 is 1.35 bits per heavy atom. The molecular weight excluding hydrogens is 270 g/mol. The molecule has 2 aliphatic rings. The lowest BCUT2D eigenvalue weighted by Crippen LogP contribution is -2.25. The number of nitrogens with two attached hydrogens (primary N) is 1. The minimum absolute atomic E-state index is 0.227. The van der Waals surface area contributed by atoms with Gasteiger partial charge in [-0.05, 0) is 43.9 Å². The highest BCUT2D eigenvalue weighted by atomic mass is 32.2. The largest absolute Gasteiger partial charge is 0.497 e. The van der Waals surface area contributed by atoms with Gasteiger partial charge in [0.2, 0.25) is 0 Å². The summed E-state index contributed by atoms with van der Waals surface area (Å²) in [6.45, 7) is 0. The molecule has 1 saturated carbocycles. The van der Waals surface area contributed by atoms with Crippen molar-refractivity contribution in [1.29, 1.82) is 0 Å². The van der Waals surface area contributed by atoms with Gasteiger partial charge in [0.05, 0.1) is 18.8 Å². The summed E-state index contributed by atoms with van der Waals surface area (Å²) in [5.41, 5.74) is 7.08. The Morgan fingerprint density at radius 3 is 2.90 bits per heavy atom. The Hall–Kier alpha value is -0.870. The van der Waals surface area contributed by atoms with Gasteiger partial charge < -0.3 is 15.2 Å². The lowest BCUT2D eigenvalue weighted by atomic mass is 9.98. The molecule has 1 atom stereocenters. The van der Waals surface area contributed by atoms with Crippen molar-refractivity contribution in [2.45, 2.75) is 55.1 Å². The first-order valence-electron chi connectivity index (χ1n) is 7.45. The highest BCUT2D eigenvalue weighted by Gasteiger charge is 2.41. The number of methoxy groups -OCH3 is 1. The van der Waals surface area contributed by atoms with Crippen molar-refractivity contribution < 1.29 is 9.47 Å². The van der Waals surface area contributed by atoms with Gasteiger partial charge in [0, 0.05) is 16.3 Å². The van der Waals surface area contributed by atoms with E-state index in [1.54, 1.807) is 18.9 Å². The smallest absolute Gasteiger partial charge is 0.120 e. The summed E-state index contributed by atoms with van der Waals surface area (Å²) in [6.07, 6.45) is 8.00. The Bertz CT molecular complexity index is 472. The summed E-state index contributed by atoms with van der Waals surface area (Å²) in [5.74, 6) is 1.85. The molecule has 0 aromatic heterocycles. The fraction of sp³-hybridized carbons (Fsp3) is 0.625. The van der Waals surface area contributed by atoms with E-state index in [0.717, 1.165) is 22.1 Å². The lowest BCUT2D eigenvalue weighted by molar-refractivity contribution is -0.0267. The molecule has 1 aliphatic carbocycles. The fourth-order valence-corrected chi connectivity index (χ4v) is 4.38. The molecule has 110 valence electrons. The second-order valence-electron chi connectivity index (χ2n) is 5.88. The van der Waals surface area contributed by atoms with Gasteiger partial charge in [-0.25, -0.2) is 0 Å². The van der Waals surface area contributed by atoms with Crippen molar-refractivity contribution in [1.82, 2.24) is 0 Å².